The molecule has 150 valence electrons. The molecule has 0 radical (unpaired) electrons. The van der Waals surface area contributed by atoms with Gasteiger partial charge in [-0.25, -0.2) is 0 Å². The summed E-state index contributed by atoms with van der Waals surface area (Å²) in [5.74, 6) is 2.55. The lowest BCUT2D eigenvalue weighted by molar-refractivity contribution is -0.118. The van der Waals surface area contributed by atoms with Crippen LogP contribution in [-0.4, -0.2) is 19.3 Å². The van der Waals surface area contributed by atoms with Crippen molar-refractivity contribution in [2.24, 2.45) is 16.7 Å². The minimum Gasteiger partial charge on any atom is -0.493 e. The predicted octanol–water partition coefficient (Wildman–Crippen LogP) is 6.09. The third-order valence-corrected chi connectivity index (χ3v) is 7.62. The van der Waals surface area contributed by atoms with Crippen molar-refractivity contribution < 1.29 is 9.47 Å². The molecule has 1 aromatic rings. The Labute approximate surface area is 172 Å². The van der Waals surface area contributed by atoms with Gasteiger partial charge < -0.3 is 14.8 Å². The van der Waals surface area contributed by atoms with Crippen molar-refractivity contribution in [3.8, 4) is 11.5 Å². The van der Waals surface area contributed by atoms with Gasteiger partial charge in [0.1, 0.15) is 0 Å². The van der Waals surface area contributed by atoms with Gasteiger partial charge in [0.15, 0.2) is 11.5 Å². The fourth-order valence-electron chi connectivity index (χ4n) is 7.15. The number of hydrogen-bond acceptors (Lipinski definition) is 3. The molecule has 2 atom stereocenters. The summed E-state index contributed by atoms with van der Waals surface area (Å²) < 4.78 is 12.5. The number of benzene rings is 1. The van der Waals surface area contributed by atoms with E-state index in [1.807, 2.05) is 0 Å². The predicted molar refractivity (Wildman–Crippen MR) is 113 cm³/mol. The molecule has 4 aliphatic rings. The Morgan fingerprint density at radius 1 is 1.11 bits per heavy atom. The zero-order chi connectivity index (χ0) is 19.3. The molecular formula is C23H34BrNO2. The summed E-state index contributed by atoms with van der Waals surface area (Å²) >= 11 is 3.69. The van der Waals surface area contributed by atoms with Crippen LogP contribution in [0.5, 0.6) is 11.5 Å². The maximum atomic E-state index is 5.88. The van der Waals surface area contributed by atoms with E-state index < -0.39 is 0 Å². The van der Waals surface area contributed by atoms with Gasteiger partial charge in [-0.3, -0.25) is 0 Å². The molecule has 4 heteroatoms. The number of nitrogens with one attached hydrogen (secondary N) is 1. The van der Waals surface area contributed by atoms with E-state index in [1.165, 1.54) is 44.1 Å². The van der Waals surface area contributed by atoms with Crippen molar-refractivity contribution in [2.45, 2.75) is 77.8 Å². The zero-order valence-electron chi connectivity index (χ0n) is 17.3. The highest BCUT2D eigenvalue weighted by Crippen LogP contribution is 2.66. The van der Waals surface area contributed by atoms with Crippen LogP contribution in [0.15, 0.2) is 16.6 Å². The molecule has 0 saturated heterocycles. The van der Waals surface area contributed by atoms with E-state index in [2.05, 4.69) is 54.2 Å². The largest absolute Gasteiger partial charge is 0.493 e. The molecule has 0 spiro atoms. The van der Waals surface area contributed by atoms with Crippen LogP contribution in [0.25, 0.3) is 0 Å². The van der Waals surface area contributed by atoms with Crippen LogP contribution in [0, 0.1) is 16.7 Å². The highest BCUT2D eigenvalue weighted by molar-refractivity contribution is 9.10. The molecule has 4 bridgehead atoms. The van der Waals surface area contributed by atoms with Gasteiger partial charge in [0.25, 0.3) is 0 Å². The van der Waals surface area contributed by atoms with Crippen LogP contribution in [0.1, 0.15) is 71.3 Å². The lowest BCUT2D eigenvalue weighted by atomic mass is 9.43. The van der Waals surface area contributed by atoms with E-state index in [4.69, 9.17) is 9.47 Å². The van der Waals surface area contributed by atoms with Gasteiger partial charge in [-0.05, 0) is 95.3 Å². The first kappa shape index (κ1) is 19.6. The van der Waals surface area contributed by atoms with E-state index in [0.717, 1.165) is 34.9 Å². The number of hydrogen-bond donors (Lipinski definition) is 1. The second-order valence-corrected chi connectivity index (χ2v) is 11.1. The lowest BCUT2D eigenvalue weighted by Crippen LogP contribution is -2.63. The lowest BCUT2D eigenvalue weighted by Gasteiger charge is -2.65. The van der Waals surface area contributed by atoms with Crippen LogP contribution in [0.2, 0.25) is 0 Å². The Kier molecular flexibility index (Phi) is 5.04. The first-order chi connectivity index (χ1) is 12.8. The minimum absolute atomic E-state index is 0.319. The van der Waals surface area contributed by atoms with Gasteiger partial charge in [-0.1, -0.05) is 20.8 Å². The molecular weight excluding hydrogens is 402 g/mol. The van der Waals surface area contributed by atoms with Gasteiger partial charge in [0.05, 0.1) is 18.2 Å². The molecule has 0 aromatic heterocycles. The molecule has 4 saturated carbocycles. The summed E-state index contributed by atoms with van der Waals surface area (Å²) in [6.45, 7) is 8.78. The Morgan fingerprint density at radius 3 is 2.41 bits per heavy atom. The minimum atomic E-state index is 0.319. The molecule has 1 aromatic carbocycles. The van der Waals surface area contributed by atoms with Crippen LogP contribution < -0.4 is 14.8 Å². The Bertz CT molecular complexity index is 701. The summed E-state index contributed by atoms with van der Waals surface area (Å²) in [4.78, 5) is 0. The molecule has 2 unspecified atom stereocenters. The fourth-order valence-corrected chi connectivity index (χ4v) is 7.76. The highest BCUT2D eigenvalue weighted by Gasteiger charge is 2.59. The average molecular weight is 436 g/mol. The Balaban J connectivity index is 1.51. The first-order valence-corrected chi connectivity index (χ1v) is 11.3. The first-order valence-electron chi connectivity index (χ1n) is 10.5. The SMILES string of the molecule is CCCOc1c(Br)cc(CNC23CC4CC(C)(CC(C)(C4)C2)C3)cc1OC. The van der Waals surface area contributed by atoms with E-state index in [-0.39, 0.29) is 0 Å². The van der Waals surface area contributed by atoms with Crippen LogP contribution in [0.3, 0.4) is 0 Å². The summed E-state index contributed by atoms with van der Waals surface area (Å²) in [5, 5.41) is 4.02. The molecule has 3 nitrogen and oxygen atoms in total. The van der Waals surface area contributed by atoms with Crippen molar-refractivity contribution >= 4 is 15.9 Å². The standard InChI is InChI=1S/C23H34BrNO2/c1-5-6-27-20-18(24)7-16(8-19(20)26-4)12-25-23-11-17-9-21(2,14-23)13-22(3,10-17)15-23/h7-8,17,25H,5-6,9-15H2,1-4H3. The maximum Gasteiger partial charge on any atom is 0.175 e. The van der Waals surface area contributed by atoms with E-state index in [9.17, 15) is 0 Å². The highest BCUT2D eigenvalue weighted by atomic mass is 79.9. The van der Waals surface area contributed by atoms with Crippen LogP contribution in [0.4, 0.5) is 0 Å². The zero-order valence-corrected chi connectivity index (χ0v) is 18.9. The number of methoxy groups -OCH3 is 1. The van der Waals surface area contributed by atoms with Gasteiger partial charge in [-0.15, -0.1) is 0 Å². The van der Waals surface area contributed by atoms with E-state index in [1.54, 1.807) is 7.11 Å². The smallest absolute Gasteiger partial charge is 0.175 e. The molecule has 5 rings (SSSR count). The topological polar surface area (TPSA) is 30.5 Å². The van der Waals surface area contributed by atoms with E-state index >= 15 is 0 Å². The average Bonchev–Trinajstić information content (AvgIpc) is 2.55. The summed E-state index contributed by atoms with van der Waals surface area (Å²) in [5.41, 5.74) is 2.66. The molecule has 0 aliphatic heterocycles. The number of halogens is 1. The third kappa shape index (κ3) is 3.76. The molecule has 27 heavy (non-hydrogen) atoms. The number of ether oxygens (including phenoxy) is 2. The van der Waals surface area contributed by atoms with Crippen molar-refractivity contribution in [2.75, 3.05) is 13.7 Å². The quantitative estimate of drug-likeness (QED) is 0.562. The summed E-state index contributed by atoms with van der Waals surface area (Å²) in [6.07, 6.45) is 9.31. The second-order valence-electron chi connectivity index (χ2n) is 10.2. The Hall–Kier alpha value is -0.740. The van der Waals surface area contributed by atoms with Crippen molar-refractivity contribution in [1.29, 1.82) is 0 Å². The van der Waals surface area contributed by atoms with Crippen molar-refractivity contribution in [3.63, 3.8) is 0 Å². The molecule has 4 fully saturated rings. The summed E-state index contributed by atoms with van der Waals surface area (Å²) in [7, 11) is 1.72. The van der Waals surface area contributed by atoms with Gasteiger partial charge in [0, 0.05) is 12.1 Å². The van der Waals surface area contributed by atoms with Gasteiger partial charge in [-0.2, -0.15) is 0 Å². The fraction of sp³-hybridized carbons (Fsp3) is 0.739. The molecule has 0 amide bonds. The van der Waals surface area contributed by atoms with Gasteiger partial charge in [0.2, 0.25) is 0 Å². The number of rotatable bonds is 7. The normalized spacial score (nSPS) is 36.9. The van der Waals surface area contributed by atoms with Crippen molar-refractivity contribution in [1.82, 2.24) is 5.32 Å². The monoisotopic (exact) mass is 435 g/mol. The Morgan fingerprint density at radius 2 is 1.81 bits per heavy atom. The molecule has 0 heterocycles. The second kappa shape index (κ2) is 6.95. The summed E-state index contributed by atoms with van der Waals surface area (Å²) in [6, 6.07) is 4.32. The third-order valence-electron chi connectivity index (χ3n) is 7.03. The van der Waals surface area contributed by atoms with E-state index in [0.29, 0.717) is 23.0 Å². The van der Waals surface area contributed by atoms with Crippen molar-refractivity contribution in [3.05, 3.63) is 22.2 Å². The maximum absolute atomic E-state index is 5.88. The molecule has 1 N–H and O–H groups in total. The van der Waals surface area contributed by atoms with Gasteiger partial charge >= 0.3 is 0 Å². The molecule has 4 aliphatic carbocycles. The van der Waals surface area contributed by atoms with Crippen LogP contribution in [-0.2, 0) is 6.54 Å². The van der Waals surface area contributed by atoms with Crippen LogP contribution >= 0.6 is 15.9 Å².